The molecule has 4 fully saturated rings. The van der Waals surface area contributed by atoms with Crippen molar-refractivity contribution in [3.63, 3.8) is 0 Å². The van der Waals surface area contributed by atoms with Gasteiger partial charge in [0.1, 0.15) is 17.4 Å². The van der Waals surface area contributed by atoms with Crippen LogP contribution in [0.15, 0.2) is 47.7 Å². The molecule has 4 aliphatic rings. The number of piperidine rings is 1. The fraction of sp³-hybridized carbons (Fsp3) is 0.500. The molecule has 2 N–H and O–H groups in total. The molecule has 17 nitrogen and oxygen atoms in total. The topological polar surface area (TPSA) is 169 Å². The average molecular weight is 839 g/mol. The Kier molecular flexibility index (Phi) is 11.4. The third-order valence-corrected chi connectivity index (χ3v) is 12.5. The number of hydrogen-bond acceptors (Lipinski definition) is 11. The number of benzene rings is 1. The second-order valence-electron chi connectivity index (χ2n) is 16.3. The number of alkyl halides is 2. The van der Waals surface area contributed by atoms with Crippen molar-refractivity contribution in [1.29, 1.82) is 0 Å². The molecule has 19 heteroatoms. The zero-order chi connectivity index (χ0) is 42.2. The summed E-state index contributed by atoms with van der Waals surface area (Å²) >= 11 is 0. The van der Waals surface area contributed by atoms with E-state index in [0.717, 1.165) is 58.4 Å². The number of hydrogen-bond donors (Lipinski definition) is 2. The van der Waals surface area contributed by atoms with Crippen LogP contribution in [0, 0.1) is 17.8 Å². The summed E-state index contributed by atoms with van der Waals surface area (Å²) in [6.07, 6.45) is 5.73. The molecule has 1 atom stereocenters. The van der Waals surface area contributed by atoms with Crippen LogP contribution in [0.4, 0.5) is 20.3 Å². The maximum atomic E-state index is 14.3. The summed E-state index contributed by atoms with van der Waals surface area (Å²) < 4.78 is 40.0. The highest BCUT2D eigenvalue weighted by Crippen LogP contribution is 2.35. The van der Waals surface area contributed by atoms with Crippen molar-refractivity contribution in [3.8, 4) is 11.8 Å². The molecule has 0 bridgehead atoms. The van der Waals surface area contributed by atoms with Crippen LogP contribution in [0.2, 0.25) is 0 Å². The van der Waals surface area contributed by atoms with Gasteiger partial charge in [0.05, 0.1) is 54.3 Å². The van der Waals surface area contributed by atoms with Crippen LogP contribution in [0.1, 0.15) is 78.6 Å². The van der Waals surface area contributed by atoms with Crippen LogP contribution < -0.4 is 21.2 Å². The lowest BCUT2D eigenvalue weighted by atomic mass is 9.85. The Labute approximate surface area is 349 Å². The molecule has 4 aromatic heterocycles. The summed E-state index contributed by atoms with van der Waals surface area (Å²) in [5, 5.41) is 13.6. The van der Waals surface area contributed by atoms with Crippen molar-refractivity contribution < 1.29 is 27.9 Å². The monoisotopic (exact) mass is 838 g/mol. The van der Waals surface area contributed by atoms with E-state index in [-0.39, 0.29) is 41.7 Å². The molecular formula is C42H48F2N12O5. The van der Waals surface area contributed by atoms with Gasteiger partial charge in [0.2, 0.25) is 11.8 Å². The number of nitrogens with zero attached hydrogens (tertiary/aromatic N) is 10. The largest absolute Gasteiger partial charge is 0.378 e. The smallest absolute Gasteiger partial charge is 0.329 e. The molecule has 0 unspecified atom stereocenters. The van der Waals surface area contributed by atoms with Gasteiger partial charge in [0, 0.05) is 71.7 Å². The lowest BCUT2D eigenvalue weighted by Crippen LogP contribution is -2.48. The van der Waals surface area contributed by atoms with Crippen molar-refractivity contribution in [2.24, 2.45) is 13.0 Å². The number of halogens is 2. The van der Waals surface area contributed by atoms with E-state index >= 15 is 0 Å². The number of aromatic nitrogens is 7. The maximum Gasteiger partial charge on any atom is 0.329 e. The van der Waals surface area contributed by atoms with E-state index in [1.165, 1.54) is 26.0 Å². The highest BCUT2D eigenvalue weighted by Gasteiger charge is 2.32. The number of anilines is 2. The molecule has 3 amide bonds. The van der Waals surface area contributed by atoms with Crippen molar-refractivity contribution in [2.75, 3.05) is 75.8 Å². The van der Waals surface area contributed by atoms with E-state index in [1.807, 2.05) is 18.2 Å². The van der Waals surface area contributed by atoms with Crippen molar-refractivity contribution in [3.05, 3.63) is 70.2 Å². The number of rotatable bonds is 9. The first kappa shape index (κ1) is 40.4. The first-order chi connectivity index (χ1) is 29.6. The Morgan fingerprint density at radius 2 is 1.77 bits per heavy atom. The zero-order valence-corrected chi connectivity index (χ0v) is 33.9. The number of carbonyl (C=O) groups is 3. The van der Waals surface area contributed by atoms with E-state index in [0.29, 0.717) is 66.8 Å². The van der Waals surface area contributed by atoms with Crippen LogP contribution in [0.5, 0.6) is 0 Å². The number of ether oxygens (including phenoxy) is 1. The fourth-order valence-corrected chi connectivity index (χ4v) is 9.13. The molecule has 61 heavy (non-hydrogen) atoms. The van der Waals surface area contributed by atoms with Gasteiger partial charge in [0.15, 0.2) is 11.3 Å². The van der Waals surface area contributed by atoms with E-state index in [2.05, 4.69) is 52.4 Å². The summed E-state index contributed by atoms with van der Waals surface area (Å²) in [5.41, 5.74) is 1.71. The fourth-order valence-electron chi connectivity index (χ4n) is 9.13. The summed E-state index contributed by atoms with van der Waals surface area (Å²) in [6.45, 7) is 7.63. The molecule has 7 heterocycles. The number of imidazole rings is 1. The Bertz CT molecular complexity index is 2580. The predicted molar refractivity (Wildman–Crippen MR) is 221 cm³/mol. The van der Waals surface area contributed by atoms with Gasteiger partial charge in [0.25, 0.3) is 12.3 Å². The Balaban J connectivity index is 0.768. The molecule has 1 saturated carbocycles. The molecule has 1 aromatic carbocycles. The zero-order valence-electron chi connectivity index (χ0n) is 33.9. The van der Waals surface area contributed by atoms with E-state index < -0.39 is 30.0 Å². The van der Waals surface area contributed by atoms with Gasteiger partial charge < -0.3 is 19.9 Å². The van der Waals surface area contributed by atoms with Crippen LogP contribution in [-0.2, 0) is 21.4 Å². The number of imide groups is 1. The summed E-state index contributed by atoms with van der Waals surface area (Å²) in [4.78, 5) is 62.6. The van der Waals surface area contributed by atoms with Gasteiger partial charge in [-0.05, 0) is 56.2 Å². The lowest BCUT2D eigenvalue weighted by Gasteiger charge is -2.37. The van der Waals surface area contributed by atoms with Gasteiger partial charge in [-0.25, -0.2) is 23.1 Å². The SMILES string of the molecule is Cn1c(=O)n([C@H]2CCC(=O)NC2=O)c2cccc(C#CCN3CCN(CC4CCC(n5cc(NC(=O)c6cnn7ccc(N8CCOCC8)nc67)c(C(F)F)n5)CC4)CC3)c21. The molecule has 1 aliphatic carbocycles. The number of carbonyl (C=O) groups excluding carboxylic acids is 3. The Hall–Kier alpha value is -5.97. The summed E-state index contributed by atoms with van der Waals surface area (Å²) in [7, 11) is 1.67. The minimum atomic E-state index is -2.86. The molecule has 9 rings (SSSR count). The highest BCUT2D eigenvalue weighted by atomic mass is 19.3. The molecule has 3 aliphatic heterocycles. The normalized spacial score (nSPS) is 21.8. The number of amides is 3. The summed E-state index contributed by atoms with van der Waals surface area (Å²) in [6, 6.07) is 6.54. The number of morpholine rings is 1. The third-order valence-electron chi connectivity index (χ3n) is 12.5. The van der Waals surface area contributed by atoms with Gasteiger partial charge in [-0.1, -0.05) is 17.9 Å². The lowest BCUT2D eigenvalue weighted by molar-refractivity contribution is -0.135. The van der Waals surface area contributed by atoms with Crippen molar-refractivity contribution in [2.45, 2.75) is 57.0 Å². The molecule has 0 radical (unpaired) electrons. The maximum absolute atomic E-state index is 14.3. The molecule has 5 aromatic rings. The van der Waals surface area contributed by atoms with Crippen molar-refractivity contribution in [1.82, 2.24) is 48.6 Å². The molecule has 3 saturated heterocycles. The van der Waals surface area contributed by atoms with Crippen molar-refractivity contribution >= 4 is 45.9 Å². The number of nitrogens with one attached hydrogen (secondary N) is 2. The molecular weight excluding hydrogens is 791 g/mol. The second-order valence-corrected chi connectivity index (χ2v) is 16.3. The second kappa shape index (κ2) is 17.2. The highest BCUT2D eigenvalue weighted by molar-refractivity contribution is 6.08. The first-order valence-electron chi connectivity index (χ1n) is 20.9. The number of para-hydroxylation sites is 1. The summed E-state index contributed by atoms with van der Waals surface area (Å²) in [5.74, 6) is 6.36. The Morgan fingerprint density at radius 3 is 2.52 bits per heavy atom. The quantitative estimate of drug-likeness (QED) is 0.166. The number of fused-ring (bicyclic) bond motifs is 2. The molecule has 0 spiro atoms. The van der Waals surface area contributed by atoms with E-state index in [1.54, 1.807) is 24.0 Å². The minimum Gasteiger partial charge on any atom is -0.378 e. The Morgan fingerprint density at radius 1 is 1.00 bits per heavy atom. The van der Waals surface area contributed by atoms with Crippen LogP contribution in [0.25, 0.3) is 16.7 Å². The van der Waals surface area contributed by atoms with Crippen LogP contribution >= 0.6 is 0 Å². The number of aryl methyl sites for hydroxylation is 1. The van der Waals surface area contributed by atoms with E-state index in [4.69, 9.17) is 4.74 Å². The van der Waals surface area contributed by atoms with Gasteiger partial charge in [-0.3, -0.25) is 38.4 Å². The average Bonchev–Trinajstić information content (AvgIpc) is 3.96. The van der Waals surface area contributed by atoms with Gasteiger partial charge in [-0.2, -0.15) is 10.2 Å². The van der Waals surface area contributed by atoms with Gasteiger partial charge >= 0.3 is 5.69 Å². The molecule has 320 valence electrons. The first-order valence-corrected chi connectivity index (χ1v) is 20.9. The standard InChI is InChI=1S/C42H48F2N12O5/c1-50-37-28(4-2-6-32(37)56(42(50)60)33-11-12-35(57)48-41(33)59)5-3-14-51-16-18-52(19-17-51)25-27-7-9-29(10-8-27)55-26-31(36(49-55)38(43)44)46-40(58)30-24-45-54-15-13-34(47-39(30)54)53-20-22-61-23-21-53/h2,4,6,13,15,24,26-27,29,33,38H,7-12,14,16-23,25H2,1H3,(H,46,58)(H,48,57,59)/t27?,29?,33-/m0/s1. The predicted octanol–water partition coefficient (Wildman–Crippen LogP) is 2.98. The van der Waals surface area contributed by atoms with Crippen LogP contribution in [0.3, 0.4) is 0 Å². The van der Waals surface area contributed by atoms with Gasteiger partial charge in [-0.15, -0.1) is 0 Å². The van der Waals surface area contributed by atoms with E-state index in [9.17, 15) is 28.0 Å². The number of piperazine rings is 1. The van der Waals surface area contributed by atoms with Crippen LogP contribution in [-0.4, -0.2) is 127 Å². The third kappa shape index (κ3) is 8.27. The minimum absolute atomic E-state index is 0.0140.